The zero-order valence-electron chi connectivity index (χ0n) is 10.4. The quantitative estimate of drug-likeness (QED) is 0.590. The van der Waals surface area contributed by atoms with E-state index in [0.29, 0.717) is 0 Å². The monoisotopic (exact) mass is 314 g/mol. The van der Waals surface area contributed by atoms with Crippen molar-refractivity contribution in [3.05, 3.63) is 34.9 Å². The van der Waals surface area contributed by atoms with Crippen molar-refractivity contribution in [2.45, 2.75) is 35.9 Å². The van der Waals surface area contributed by atoms with Gasteiger partial charge in [-0.2, -0.15) is 10.5 Å². The summed E-state index contributed by atoms with van der Waals surface area (Å²) in [4.78, 5) is 8.77. The molecule has 2 unspecified atom stereocenters. The van der Waals surface area contributed by atoms with Crippen LogP contribution >= 0.6 is 15.9 Å². The minimum Gasteiger partial charge on any atom is -0.237 e. The van der Waals surface area contributed by atoms with Gasteiger partial charge in [-0.3, -0.25) is 0 Å². The molecule has 1 saturated carbocycles. The van der Waals surface area contributed by atoms with Gasteiger partial charge in [-0.1, -0.05) is 28.1 Å². The van der Waals surface area contributed by atoms with E-state index in [2.05, 4.69) is 32.5 Å². The van der Waals surface area contributed by atoms with Gasteiger partial charge in [0, 0.05) is 11.8 Å². The summed E-state index contributed by atoms with van der Waals surface area (Å²) in [7, 11) is 0. The van der Waals surface area contributed by atoms with E-state index in [0.717, 1.165) is 29.8 Å². The molecule has 2 aliphatic rings. The minimum atomic E-state index is -0.212. The number of allylic oxidation sites excluding steroid dienone is 1. The lowest BCUT2D eigenvalue weighted by molar-refractivity contribution is 0.622. The summed E-state index contributed by atoms with van der Waals surface area (Å²) in [5, 5.41) is 18.1. The maximum Gasteiger partial charge on any atom is 0.177 e. The van der Waals surface area contributed by atoms with Crippen LogP contribution in [0.15, 0.2) is 12.2 Å². The number of alkyl halides is 1. The molecular weight excluding hydrogens is 304 g/mol. The van der Waals surface area contributed by atoms with Crippen LogP contribution in [-0.2, 0) is 0 Å². The number of halogens is 1. The Hall–Kier alpha value is -1.72. The van der Waals surface area contributed by atoms with E-state index < -0.39 is 0 Å². The van der Waals surface area contributed by atoms with Crippen molar-refractivity contribution in [2.24, 2.45) is 0 Å². The Morgan fingerprint density at radius 1 is 1.21 bits per heavy atom. The standard InChI is InChI=1S/C14H11BrN4/c1-7(2)14(15)8-3-4-9(14)13-12(8)18-10(5-16)11(6-17)19-13/h8-9H,1,3-4H2,2H3. The zero-order valence-corrected chi connectivity index (χ0v) is 12.0. The lowest BCUT2D eigenvalue weighted by Gasteiger charge is -2.27. The summed E-state index contributed by atoms with van der Waals surface area (Å²) in [6.45, 7) is 6.09. The van der Waals surface area contributed by atoms with Gasteiger partial charge in [-0.15, -0.1) is 0 Å². The molecule has 1 aromatic rings. The van der Waals surface area contributed by atoms with E-state index in [-0.39, 0.29) is 27.5 Å². The van der Waals surface area contributed by atoms with Crippen molar-refractivity contribution in [1.82, 2.24) is 9.97 Å². The summed E-state index contributed by atoms with van der Waals surface area (Å²) in [6, 6.07) is 3.92. The van der Waals surface area contributed by atoms with Crippen LogP contribution in [0.25, 0.3) is 0 Å². The molecule has 2 aliphatic carbocycles. The molecule has 0 aliphatic heterocycles. The summed E-state index contributed by atoms with van der Waals surface area (Å²) >= 11 is 3.83. The normalized spacial score (nSPS) is 30.5. The SMILES string of the molecule is C=C(C)C1(Br)C2CCC1c1nc(C#N)c(C#N)nc12. The van der Waals surface area contributed by atoms with Gasteiger partial charge in [0.15, 0.2) is 11.4 Å². The second kappa shape index (κ2) is 3.88. The average molecular weight is 315 g/mol. The average Bonchev–Trinajstić information content (AvgIpc) is 2.87. The highest BCUT2D eigenvalue weighted by Crippen LogP contribution is 2.65. The third-order valence-electron chi connectivity index (χ3n) is 4.24. The molecule has 94 valence electrons. The molecule has 5 heteroatoms. The molecule has 1 fully saturated rings. The third kappa shape index (κ3) is 1.37. The van der Waals surface area contributed by atoms with Gasteiger partial charge in [0.05, 0.1) is 15.7 Å². The Bertz CT molecular complexity index is 631. The van der Waals surface area contributed by atoms with E-state index in [4.69, 9.17) is 10.5 Å². The van der Waals surface area contributed by atoms with E-state index in [1.165, 1.54) is 0 Å². The van der Waals surface area contributed by atoms with E-state index >= 15 is 0 Å². The van der Waals surface area contributed by atoms with Crippen molar-refractivity contribution in [3.63, 3.8) is 0 Å². The van der Waals surface area contributed by atoms with E-state index in [1.54, 1.807) is 0 Å². The topological polar surface area (TPSA) is 73.4 Å². The first kappa shape index (κ1) is 12.3. The molecule has 19 heavy (non-hydrogen) atoms. The smallest absolute Gasteiger partial charge is 0.177 e. The number of aromatic nitrogens is 2. The van der Waals surface area contributed by atoms with Crippen LogP contribution in [-0.4, -0.2) is 14.3 Å². The van der Waals surface area contributed by atoms with Crippen molar-refractivity contribution in [2.75, 3.05) is 0 Å². The molecule has 0 N–H and O–H groups in total. The van der Waals surface area contributed by atoms with Gasteiger partial charge in [-0.05, 0) is 19.8 Å². The molecule has 1 heterocycles. The number of rotatable bonds is 1. The molecule has 0 aromatic carbocycles. The number of nitrogens with zero attached hydrogens (tertiary/aromatic N) is 4. The lowest BCUT2D eigenvalue weighted by Crippen LogP contribution is -2.25. The first-order valence-corrected chi connectivity index (χ1v) is 6.90. The Morgan fingerprint density at radius 2 is 1.63 bits per heavy atom. The van der Waals surface area contributed by atoms with Crippen molar-refractivity contribution in [3.8, 4) is 12.1 Å². The van der Waals surface area contributed by atoms with Crippen LogP contribution in [0, 0.1) is 22.7 Å². The number of hydrogen-bond donors (Lipinski definition) is 0. The van der Waals surface area contributed by atoms with Crippen LogP contribution in [0.1, 0.15) is 54.4 Å². The fourth-order valence-corrected chi connectivity index (χ4v) is 4.28. The summed E-state index contributed by atoms with van der Waals surface area (Å²) < 4.78 is -0.212. The van der Waals surface area contributed by atoms with Gasteiger partial charge < -0.3 is 0 Å². The highest BCUT2D eigenvalue weighted by molar-refractivity contribution is 9.10. The van der Waals surface area contributed by atoms with Crippen molar-refractivity contribution >= 4 is 15.9 Å². The fraction of sp³-hybridized carbons (Fsp3) is 0.429. The van der Waals surface area contributed by atoms with Crippen LogP contribution in [0.3, 0.4) is 0 Å². The summed E-state index contributed by atoms with van der Waals surface area (Å²) in [5.41, 5.74) is 3.05. The molecule has 2 atom stereocenters. The fourth-order valence-electron chi connectivity index (χ4n) is 3.39. The van der Waals surface area contributed by atoms with E-state index in [9.17, 15) is 0 Å². The maximum atomic E-state index is 9.06. The molecule has 4 nitrogen and oxygen atoms in total. The number of fused-ring (bicyclic) bond motifs is 5. The Labute approximate surface area is 119 Å². The third-order valence-corrected chi connectivity index (χ3v) is 6.02. The van der Waals surface area contributed by atoms with Gasteiger partial charge in [0.2, 0.25) is 0 Å². The van der Waals surface area contributed by atoms with Gasteiger partial charge in [0.1, 0.15) is 12.1 Å². The van der Waals surface area contributed by atoms with Gasteiger partial charge in [0.25, 0.3) is 0 Å². The highest BCUT2D eigenvalue weighted by Gasteiger charge is 2.58. The Morgan fingerprint density at radius 3 is 1.95 bits per heavy atom. The lowest BCUT2D eigenvalue weighted by atomic mass is 9.89. The Kier molecular flexibility index (Phi) is 2.52. The molecule has 2 bridgehead atoms. The summed E-state index contributed by atoms with van der Waals surface area (Å²) in [6.07, 6.45) is 2.03. The predicted molar refractivity (Wildman–Crippen MR) is 72.7 cm³/mol. The van der Waals surface area contributed by atoms with Gasteiger partial charge >= 0.3 is 0 Å². The van der Waals surface area contributed by atoms with Crippen LogP contribution < -0.4 is 0 Å². The number of nitriles is 2. The molecule has 3 rings (SSSR count). The molecule has 0 saturated heterocycles. The Balaban J connectivity index is 2.24. The molecule has 0 radical (unpaired) electrons. The summed E-state index contributed by atoms with van der Waals surface area (Å²) in [5.74, 6) is 0.412. The van der Waals surface area contributed by atoms with Crippen LogP contribution in [0.2, 0.25) is 0 Å². The first-order chi connectivity index (χ1) is 9.03. The second-order valence-corrected chi connectivity index (χ2v) is 6.46. The first-order valence-electron chi connectivity index (χ1n) is 6.11. The molecule has 0 spiro atoms. The second-order valence-electron chi connectivity index (χ2n) is 5.15. The predicted octanol–water partition coefficient (Wildman–Crippen LogP) is 2.90. The van der Waals surface area contributed by atoms with Crippen LogP contribution in [0.5, 0.6) is 0 Å². The molecule has 1 aromatic heterocycles. The van der Waals surface area contributed by atoms with Crippen molar-refractivity contribution < 1.29 is 0 Å². The molecular formula is C14H11BrN4. The highest BCUT2D eigenvalue weighted by atomic mass is 79.9. The van der Waals surface area contributed by atoms with E-state index in [1.807, 2.05) is 19.1 Å². The maximum absolute atomic E-state index is 9.06. The van der Waals surface area contributed by atoms with Crippen LogP contribution in [0.4, 0.5) is 0 Å². The number of hydrogen-bond acceptors (Lipinski definition) is 4. The molecule has 0 amide bonds. The largest absolute Gasteiger partial charge is 0.237 e. The zero-order chi connectivity index (χ0) is 13.8. The van der Waals surface area contributed by atoms with Gasteiger partial charge in [-0.25, -0.2) is 9.97 Å². The van der Waals surface area contributed by atoms with Crippen molar-refractivity contribution in [1.29, 1.82) is 10.5 Å². The minimum absolute atomic E-state index is 0.130.